The molecule has 1 aromatic carbocycles. The lowest BCUT2D eigenvalue weighted by Gasteiger charge is -2.12. The fourth-order valence-electron chi connectivity index (χ4n) is 2.18. The van der Waals surface area contributed by atoms with Crippen molar-refractivity contribution in [2.24, 2.45) is 0 Å². The standard InChI is InChI=1S/C16H23F3O2/c1-2-3-4-5-6-7-14(20)12-13-8-10-15(11-9-13)21-16(17,18)19/h8-11,14,20H,2-7,12H2,1H3. The average Bonchev–Trinajstić information content (AvgIpc) is 2.39. The molecule has 0 heterocycles. The van der Waals surface area contributed by atoms with Crippen LogP contribution in [0.3, 0.4) is 0 Å². The minimum absolute atomic E-state index is 0.236. The Morgan fingerprint density at radius 2 is 1.67 bits per heavy atom. The first-order valence-electron chi connectivity index (χ1n) is 7.43. The summed E-state index contributed by atoms with van der Waals surface area (Å²) in [6, 6.07) is 5.66. The van der Waals surface area contributed by atoms with Crippen LogP contribution >= 0.6 is 0 Å². The minimum atomic E-state index is -4.67. The first-order chi connectivity index (χ1) is 9.90. The molecule has 0 saturated carbocycles. The molecule has 0 amide bonds. The molecule has 1 aromatic rings. The molecule has 1 N–H and O–H groups in total. The van der Waals surface area contributed by atoms with Crippen LogP contribution in [-0.2, 0) is 6.42 Å². The number of aliphatic hydroxyl groups is 1. The van der Waals surface area contributed by atoms with Gasteiger partial charge in [0.15, 0.2) is 0 Å². The Kier molecular flexibility index (Phi) is 7.57. The highest BCUT2D eigenvalue weighted by molar-refractivity contribution is 5.27. The molecule has 120 valence electrons. The van der Waals surface area contributed by atoms with Crippen molar-refractivity contribution in [1.29, 1.82) is 0 Å². The van der Waals surface area contributed by atoms with Crippen molar-refractivity contribution in [3.63, 3.8) is 0 Å². The van der Waals surface area contributed by atoms with Crippen LogP contribution in [0.15, 0.2) is 24.3 Å². The third-order valence-electron chi connectivity index (χ3n) is 3.27. The summed E-state index contributed by atoms with van der Waals surface area (Å²) in [6.45, 7) is 2.15. The number of unbranched alkanes of at least 4 members (excludes halogenated alkanes) is 4. The maximum absolute atomic E-state index is 12.0. The van der Waals surface area contributed by atoms with Gasteiger partial charge in [0.1, 0.15) is 5.75 Å². The largest absolute Gasteiger partial charge is 0.573 e. The zero-order valence-corrected chi connectivity index (χ0v) is 12.3. The molecule has 2 nitrogen and oxygen atoms in total. The summed E-state index contributed by atoms with van der Waals surface area (Å²) in [7, 11) is 0. The second kappa shape index (κ2) is 8.93. The first-order valence-corrected chi connectivity index (χ1v) is 7.43. The van der Waals surface area contributed by atoms with Crippen LogP contribution in [0.2, 0.25) is 0 Å². The molecule has 0 aliphatic rings. The van der Waals surface area contributed by atoms with Gasteiger partial charge in [0, 0.05) is 0 Å². The molecule has 21 heavy (non-hydrogen) atoms. The summed E-state index contributed by atoms with van der Waals surface area (Å²) in [5, 5.41) is 9.90. The van der Waals surface area contributed by atoms with E-state index in [0.29, 0.717) is 6.42 Å². The van der Waals surface area contributed by atoms with Crippen LogP contribution in [0.5, 0.6) is 5.75 Å². The Morgan fingerprint density at radius 3 is 2.24 bits per heavy atom. The van der Waals surface area contributed by atoms with Crippen LogP contribution in [0.25, 0.3) is 0 Å². The summed E-state index contributed by atoms with van der Waals surface area (Å²) in [6.07, 6.45) is 1.77. The van der Waals surface area contributed by atoms with Crippen molar-refractivity contribution in [3.8, 4) is 5.75 Å². The second-order valence-corrected chi connectivity index (χ2v) is 5.25. The van der Waals surface area contributed by atoms with E-state index in [9.17, 15) is 18.3 Å². The summed E-state index contributed by atoms with van der Waals surface area (Å²) >= 11 is 0. The Bertz CT molecular complexity index is 388. The predicted octanol–water partition coefficient (Wildman–Crippen LogP) is 4.85. The molecular weight excluding hydrogens is 281 g/mol. The van der Waals surface area contributed by atoms with Crippen molar-refractivity contribution in [2.75, 3.05) is 0 Å². The highest BCUT2D eigenvalue weighted by atomic mass is 19.4. The Balaban J connectivity index is 2.31. The van der Waals surface area contributed by atoms with Gasteiger partial charge in [-0.3, -0.25) is 0 Å². The van der Waals surface area contributed by atoms with E-state index in [4.69, 9.17) is 0 Å². The molecule has 0 saturated heterocycles. The molecule has 1 unspecified atom stereocenters. The number of rotatable bonds is 9. The number of alkyl halides is 3. The molecule has 0 bridgehead atoms. The van der Waals surface area contributed by atoms with Crippen molar-refractivity contribution in [2.45, 2.75) is 64.3 Å². The number of hydrogen-bond donors (Lipinski definition) is 1. The number of hydrogen-bond acceptors (Lipinski definition) is 2. The SMILES string of the molecule is CCCCCCCC(O)Cc1ccc(OC(F)(F)F)cc1. The van der Waals surface area contributed by atoms with Crippen LogP contribution in [0, 0.1) is 0 Å². The predicted molar refractivity (Wildman–Crippen MR) is 76.2 cm³/mol. The molecular formula is C16H23F3O2. The van der Waals surface area contributed by atoms with E-state index in [1.807, 2.05) is 0 Å². The second-order valence-electron chi connectivity index (χ2n) is 5.25. The highest BCUT2D eigenvalue weighted by Gasteiger charge is 2.30. The molecule has 0 aliphatic heterocycles. The molecule has 1 rings (SSSR count). The maximum Gasteiger partial charge on any atom is 0.573 e. The average molecular weight is 304 g/mol. The number of aliphatic hydroxyl groups excluding tert-OH is 1. The van der Waals surface area contributed by atoms with E-state index in [2.05, 4.69) is 11.7 Å². The van der Waals surface area contributed by atoms with Gasteiger partial charge in [-0.25, -0.2) is 0 Å². The Labute approximate surface area is 123 Å². The normalized spacial score (nSPS) is 13.2. The zero-order chi connectivity index (χ0) is 15.7. The van der Waals surface area contributed by atoms with Crippen molar-refractivity contribution in [1.82, 2.24) is 0 Å². The molecule has 1 atom stereocenters. The van der Waals surface area contributed by atoms with Crippen LogP contribution < -0.4 is 4.74 Å². The smallest absolute Gasteiger partial charge is 0.406 e. The molecule has 0 aliphatic carbocycles. The van der Waals surface area contributed by atoms with E-state index < -0.39 is 12.5 Å². The monoisotopic (exact) mass is 304 g/mol. The van der Waals surface area contributed by atoms with Crippen molar-refractivity contribution >= 4 is 0 Å². The summed E-state index contributed by atoms with van der Waals surface area (Å²) in [5.74, 6) is -0.236. The van der Waals surface area contributed by atoms with Gasteiger partial charge in [-0.15, -0.1) is 13.2 Å². The maximum atomic E-state index is 12.0. The first kappa shape index (κ1) is 17.8. The molecule has 0 radical (unpaired) electrons. The van der Waals surface area contributed by atoms with Crippen LogP contribution in [-0.4, -0.2) is 17.6 Å². The molecule has 5 heteroatoms. The van der Waals surface area contributed by atoms with Gasteiger partial charge in [-0.1, -0.05) is 51.2 Å². The lowest BCUT2D eigenvalue weighted by molar-refractivity contribution is -0.274. The van der Waals surface area contributed by atoms with Crippen LogP contribution in [0.4, 0.5) is 13.2 Å². The Morgan fingerprint density at radius 1 is 1.05 bits per heavy atom. The zero-order valence-electron chi connectivity index (χ0n) is 12.3. The van der Waals surface area contributed by atoms with Gasteiger partial charge >= 0.3 is 6.36 Å². The quantitative estimate of drug-likeness (QED) is 0.661. The van der Waals surface area contributed by atoms with Crippen molar-refractivity contribution in [3.05, 3.63) is 29.8 Å². The van der Waals surface area contributed by atoms with Gasteiger partial charge in [0.05, 0.1) is 6.10 Å². The number of benzene rings is 1. The van der Waals surface area contributed by atoms with E-state index in [0.717, 1.165) is 24.8 Å². The fourth-order valence-corrected chi connectivity index (χ4v) is 2.18. The third-order valence-corrected chi connectivity index (χ3v) is 3.27. The number of ether oxygens (including phenoxy) is 1. The van der Waals surface area contributed by atoms with Crippen LogP contribution in [0.1, 0.15) is 51.0 Å². The molecule has 0 spiro atoms. The summed E-state index contributed by atoms with van der Waals surface area (Å²) < 4.78 is 39.9. The van der Waals surface area contributed by atoms with E-state index in [-0.39, 0.29) is 5.75 Å². The van der Waals surface area contributed by atoms with Gasteiger partial charge in [-0.05, 0) is 30.5 Å². The van der Waals surface area contributed by atoms with Gasteiger partial charge in [-0.2, -0.15) is 0 Å². The van der Waals surface area contributed by atoms with Gasteiger partial charge < -0.3 is 9.84 Å². The van der Waals surface area contributed by atoms with Gasteiger partial charge in [0.2, 0.25) is 0 Å². The lowest BCUT2D eigenvalue weighted by Crippen LogP contribution is -2.17. The highest BCUT2D eigenvalue weighted by Crippen LogP contribution is 2.23. The molecule has 0 fully saturated rings. The summed E-state index contributed by atoms with van der Waals surface area (Å²) in [5.41, 5.74) is 0.811. The van der Waals surface area contributed by atoms with Gasteiger partial charge in [0.25, 0.3) is 0 Å². The summed E-state index contributed by atoms with van der Waals surface area (Å²) in [4.78, 5) is 0. The Hall–Kier alpha value is -1.23. The van der Waals surface area contributed by atoms with E-state index >= 15 is 0 Å². The molecule has 0 aromatic heterocycles. The topological polar surface area (TPSA) is 29.5 Å². The minimum Gasteiger partial charge on any atom is -0.406 e. The third kappa shape index (κ3) is 8.60. The van der Waals surface area contributed by atoms with E-state index in [1.54, 1.807) is 12.1 Å². The van der Waals surface area contributed by atoms with Crippen molar-refractivity contribution < 1.29 is 23.0 Å². The number of halogens is 3. The van der Waals surface area contributed by atoms with E-state index in [1.165, 1.54) is 31.4 Å². The fraction of sp³-hybridized carbons (Fsp3) is 0.625. The lowest BCUT2D eigenvalue weighted by atomic mass is 10.0.